The molecule has 0 saturated heterocycles. The third-order valence-corrected chi connectivity index (χ3v) is 6.54. The van der Waals surface area contributed by atoms with E-state index >= 15 is 0 Å². The molecule has 2 amide bonds. The summed E-state index contributed by atoms with van der Waals surface area (Å²) in [6.07, 6.45) is 0. The van der Waals surface area contributed by atoms with Crippen LogP contribution in [0.4, 0.5) is 5.69 Å². The molecule has 0 aliphatic carbocycles. The minimum Gasteiger partial charge on any atom is -0.339 e. The lowest BCUT2D eigenvalue weighted by molar-refractivity contribution is -0.902. The Kier molecular flexibility index (Phi) is 7.18. The number of benzene rings is 2. The second-order valence-electron chi connectivity index (χ2n) is 7.37. The van der Waals surface area contributed by atoms with E-state index in [2.05, 4.69) is 18.3 Å². The van der Waals surface area contributed by atoms with Crippen molar-refractivity contribution in [2.75, 3.05) is 32.0 Å². The van der Waals surface area contributed by atoms with Crippen molar-refractivity contribution in [3.8, 4) is 0 Å². The molecule has 30 heavy (non-hydrogen) atoms. The van der Waals surface area contributed by atoms with Gasteiger partial charge in [-0.05, 0) is 57.2 Å². The lowest BCUT2D eigenvalue weighted by Gasteiger charge is -2.20. The Bertz CT molecular complexity index is 978. The Morgan fingerprint density at radius 2 is 1.77 bits per heavy atom. The summed E-state index contributed by atoms with van der Waals surface area (Å²) in [6, 6.07) is 15.3. The van der Waals surface area contributed by atoms with Crippen molar-refractivity contribution < 1.29 is 14.5 Å². The second-order valence-corrected chi connectivity index (χ2v) is 8.43. The average Bonchev–Trinajstić information content (AvgIpc) is 3.18. The molecule has 3 rings (SSSR count). The summed E-state index contributed by atoms with van der Waals surface area (Å²) in [6.45, 7) is 7.70. The highest BCUT2D eigenvalue weighted by Crippen LogP contribution is 2.24. The third-order valence-electron chi connectivity index (χ3n) is 5.33. The van der Waals surface area contributed by atoms with E-state index < -0.39 is 0 Å². The molecule has 2 N–H and O–H groups in total. The molecule has 0 spiro atoms. The Labute approximate surface area is 181 Å². The van der Waals surface area contributed by atoms with Crippen LogP contribution in [-0.2, 0) is 4.79 Å². The van der Waals surface area contributed by atoms with E-state index in [0.717, 1.165) is 20.1 Å². The van der Waals surface area contributed by atoms with Gasteiger partial charge >= 0.3 is 0 Å². The Morgan fingerprint density at radius 1 is 1.10 bits per heavy atom. The maximum Gasteiger partial charge on any atom is 0.279 e. The van der Waals surface area contributed by atoms with E-state index in [1.807, 2.05) is 39.1 Å². The number of carbonyl (C=O) groups is 2. The number of fused-ring (bicyclic) bond motifs is 1. The van der Waals surface area contributed by atoms with Gasteiger partial charge in [-0.25, -0.2) is 4.98 Å². The lowest BCUT2D eigenvalue weighted by Crippen LogP contribution is -3.10. The molecule has 0 fully saturated rings. The van der Waals surface area contributed by atoms with Crippen molar-refractivity contribution in [2.45, 2.75) is 26.8 Å². The topological polar surface area (TPSA) is 66.7 Å². The molecule has 1 aromatic heterocycles. The van der Waals surface area contributed by atoms with Crippen LogP contribution in [0.5, 0.6) is 0 Å². The number of rotatable bonds is 8. The molecule has 0 saturated carbocycles. The molecule has 6 nitrogen and oxygen atoms in total. The molecule has 0 bridgehead atoms. The summed E-state index contributed by atoms with van der Waals surface area (Å²) in [5, 5.41) is 3.96. The average molecular weight is 426 g/mol. The summed E-state index contributed by atoms with van der Waals surface area (Å²) in [7, 11) is 2.00. The fourth-order valence-electron chi connectivity index (χ4n) is 3.29. The molecule has 0 aliphatic heterocycles. The van der Waals surface area contributed by atoms with Gasteiger partial charge in [0.25, 0.3) is 11.8 Å². The zero-order valence-electron chi connectivity index (χ0n) is 17.9. The van der Waals surface area contributed by atoms with Crippen LogP contribution in [-0.4, -0.2) is 48.4 Å². The van der Waals surface area contributed by atoms with Crippen LogP contribution < -0.4 is 10.2 Å². The van der Waals surface area contributed by atoms with E-state index in [1.54, 1.807) is 40.5 Å². The normalized spacial score (nSPS) is 13.1. The van der Waals surface area contributed by atoms with Gasteiger partial charge in [0, 0.05) is 24.3 Å². The molecular formula is C23H29N4O2S+. The fourth-order valence-corrected chi connectivity index (χ4v) is 4.40. The largest absolute Gasteiger partial charge is 0.339 e. The SMILES string of the molecule is CCN(CC)C(=O)c1ccc(NC(=O)C[NH+](C)[C@H](C)c2nc3ccccc3s2)cc1. The van der Waals surface area contributed by atoms with Crippen LogP contribution in [0.15, 0.2) is 48.5 Å². The van der Waals surface area contributed by atoms with Crippen LogP contribution in [0.1, 0.15) is 42.2 Å². The first-order chi connectivity index (χ1) is 14.4. The van der Waals surface area contributed by atoms with Gasteiger partial charge in [0.15, 0.2) is 11.6 Å². The van der Waals surface area contributed by atoms with Crippen molar-refractivity contribution in [1.29, 1.82) is 0 Å². The number of aromatic nitrogens is 1. The third kappa shape index (κ3) is 5.04. The van der Waals surface area contributed by atoms with Crippen LogP contribution in [0, 0.1) is 0 Å². The first-order valence-corrected chi connectivity index (χ1v) is 11.1. The number of nitrogens with one attached hydrogen (secondary N) is 2. The van der Waals surface area contributed by atoms with Gasteiger partial charge < -0.3 is 15.1 Å². The number of quaternary nitrogens is 1. The number of hydrogen-bond donors (Lipinski definition) is 2. The number of anilines is 1. The predicted molar refractivity (Wildman–Crippen MR) is 122 cm³/mol. The summed E-state index contributed by atoms with van der Waals surface area (Å²) >= 11 is 1.68. The molecule has 0 aliphatic rings. The number of thiazole rings is 1. The summed E-state index contributed by atoms with van der Waals surface area (Å²) in [5.41, 5.74) is 2.32. The Balaban J connectivity index is 1.58. The van der Waals surface area contributed by atoms with E-state index in [0.29, 0.717) is 30.9 Å². The highest BCUT2D eigenvalue weighted by Gasteiger charge is 2.22. The molecule has 3 aromatic rings. The van der Waals surface area contributed by atoms with E-state index in [4.69, 9.17) is 4.98 Å². The zero-order chi connectivity index (χ0) is 21.7. The number of amides is 2. The van der Waals surface area contributed by atoms with Crippen molar-refractivity contribution in [1.82, 2.24) is 9.88 Å². The minimum atomic E-state index is -0.0664. The van der Waals surface area contributed by atoms with Gasteiger partial charge in [0.1, 0.15) is 6.04 Å². The van der Waals surface area contributed by atoms with Crippen LogP contribution in [0.25, 0.3) is 10.2 Å². The number of likely N-dealkylation sites (N-methyl/N-ethyl adjacent to an activating group) is 1. The standard InChI is InChI=1S/C23H28N4O2S/c1-5-27(6-2)23(29)17-11-13-18(14-12-17)24-21(28)15-26(4)16(3)22-25-19-9-7-8-10-20(19)30-22/h7-14,16H,5-6,15H2,1-4H3,(H,24,28)/p+1/t16-/m1/s1. The highest BCUT2D eigenvalue weighted by molar-refractivity contribution is 7.18. The van der Waals surface area contributed by atoms with Crippen molar-refractivity contribution in [2.24, 2.45) is 0 Å². The first-order valence-electron chi connectivity index (χ1n) is 10.3. The smallest absolute Gasteiger partial charge is 0.279 e. The monoisotopic (exact) mass is 425 g/mol. The first kappa shape index (κ1) is 21.9. The van der Waals surface area contributed by atoms with Crippen molar-refractivity contribution in [3.63, 3.8) is 0 Å². The van der Waals surface area contributed by atoms with Gasteiger partial charge in [-0.3, -0.25) is 9.59 Å². The van der Waals surface area contributed by atoms with Gasteiger partial charge in [0.05, 0.1) is 17.3 Å². The van der Waals surface area contributed by atoms with Crippen molar-refractivity contribution in [3.05, 3.63) is 59.1 Å². The van der Waals surface area contributed by atoms with Gasteiger partial charge in [-0.1, -0.05) is 12.1 Å². The predicted octanol–water partition coefficient (Wildman–Crippen LogP) is 2.99. The van der Waals surface area contributed by atoms with E-state index in [1.165, 1.54) is 0 Å². The summed E-state index contributed by atoms with van der Waals surface area (Å²) < 4.78 is 1.16. The molecule has 1 unspecified atom stereocenters. The second kappa shape index (κ2) is 9.82. The summed E-state index contributed by atoms with van der Waals surface area (Å²) in [4.78, 5) is 32.5. The molecule has 1 heterocycles. The Hall–Kier alpha value is -2.77. The van der Waals surface area contributed by atoms with Crippen molar-refractivity contribution >= 4 is 39.1 Å². The lowest BCUT2D eigenvalue weighted by atomic mass is 10.1. The van der Waals surface area contributed by atoms with Gasteiger partial charge in [-0.2, -0.15) is 0 Å². The van der Waals surface area contributed by atoms with E-state index in [-0.39, 0.29) is 17.9 Å². The van der Waals surface area contributed by atoms with Crippen LogP contribution in [0.3, 0.4) is 0 Å². The van der Waals surface area contributed by atoms with Crippen LogP contribution in [0.2, 0.25) is 0 Å². The molecule has 2 atom stereocenters. The zero-order valence-corrected chi connectivity index (χ0v) is 18.8. The number of hydrogen-bond acceptors (Lipinski definition) is 4. The molecule has 158 valence electrons. The van der Waals surface area contributed by atoms with Crippen LogP contribution >= 0.6 is 11.3 Å². The number of para-hydroxylation sites is 1. The molecule has 2 aromatic carbocycles. The van der Waals surface area contributed by atoms with Gasteiger partial charge in [0.2, 0.25) is 0 Å². The fraction of sp³-hybridized carbons (Fsp3) is 0.348. The van der Waals surface area contributed by atoms with E-state index in [9.17, 15) is 9.59 Å². The number of nitrogens with zero attached hydrogens (tertiary/aromatic N) is 2. The van der Waals surface area contributed by atoms with Gasteiger partial charge in [-0.15, -0.1) is 11.3 Å². The quantitative estimate of drug-likeness (QED) is 0.583. The number of carbonyl (C=O) groups excluding carboxylic acids is 2. The highest BCUT2D eigenvalue weighted by atomic mass is 32.1. The molecular weight excluding hydrogens is 396 g/mol. The molecule has 7 heteroatoms. The summed E-state index contributed by atoms with van der Waals surface area (Å²) in [5.74, 6) is -0.0602. The molecule has 0 radical (unpaired) electrons. The Morgan fingerprint density at radius 3 is 2.40 bits per heavy atom. The maximum atomic E-state index is 12.5. The minimum absolute atomic E-state index is 0.00622. The maximum absolute atomic E-state index is 12.5.